The molecule has 4 saturated heterocycles. The highest BCUT2D eigenvalue weighted by Crippen LogP contribution is 2.45. The van der Waals surface area contributed by atoms with Crippen molar-refractivity contribution in [2.24, 2.45) is 0 Å². The van der Waals surface area contributed by atoms with Gasteiger partial charge in [-0.3, -0.25) is 19.2 Å². The maximum Gasteiger partial charge on any atom is 0.623 e. The number of nitrogens with zero attached hydrogens (tertiary/aromatic N) is 2. The third-order valence-corrected chi connectivity index (χ3v) is 10.4. The quantitative estimate of drug-likeness (QED) is 0.342. The zero-order chi connectivity index (χ0) is 30.5. The van der Waals surface area contributed by atoms with Gasteiger partial charge in [-0.15, -0.1) is 0 Å². The molecule has 0 N–H and O–H groups in total. The molecule has 0 spiro atoms. The molecule has 0 atom stereocenters. The van der Waals surface area contributed by atoms with E-state index >= 15 is 0 Å². The molecule has 4 heterocycles. The average Bonchev–Trinajstić information content (AvgIpc) is 3.53. The Morgan fingerprint density at radius 1 is 0.595 bits per heavy atom. The number of quaternary nitrogens is 2. The fourth-order valence-electron chi connectivity index (χ4n) is 5.71. The van der Waals surface area contributed by atoms with Gasteiger partial charge in [0.05, 0.1) is 0 Å². The van der Waals surface area contributed by atoms with E-state index in [1.54, 1.807) is 120 Å². The van der Waals surface area contributed by atoms with Crippen LogP contribution in [0.25, 0.3) is 11.7 Å². The third-order valence-electron chi connectivity index (χ3n) is 7.88. The number of benzene rings is 2. The van der Waals surface area contributed by atoms with Crippen LogP contribution in [0.2, 0.25) is 0 Å². The van der Waals surface area contributed by atoms with Crippen molar-refractivity contribution >= 4 is 94.1 Å². The van der Waals surface area contributed by atoms with Gasteiger partial charge in [-0.2, -0.15) is 0 Å². The molecular weight excluding hydrogens is 782 g/mol. The first-order chi connectivity index (χ1) is 19.8. The molecule has 0 saturated carbocycles. The highest BCUT2D eigenvalue weighted by molar-refractivity contribution is 14.1. The minimum Gasteiger partial charge on any atom is -0.596 e. The topological polar surface area (TPSA) is 105 Å². The molecule has 220 valence electrons. The van der Waals surface area contributed by atoms with Crippen LogP contribution in [0.1, 0.15) is 11.1 Å². The summed E-state index contributed by atoms with van der Waals surface area (Å²) in [6.45, 7) is -4.99. The maximum atomic E-state index is 14.7. The minimum atomic E-state index is -2.50. The Balaban J connectivity index is 0.000000168. The molecule has 0 aliphatic carbocycles. The highest BCUT2D eigenvalue weighted by atomic mass is 127. The Morgan fingerprint density at radius 3 is 1.12 bits per heavy atom. The monoisotopic (exact) mass is 806 g/mol. The number of carbonyl (C=O) groups excluding carboxylic acids is 4. The van der Waals surface area contributed by atoms with Crippen LogP contribution in [-0.4, -0.2) is 86.3 Å². The average molecular weight is 806 g/mol. The Labute approximate surface area is 267 Å². The van der Waals surface area contributed by atoms with E-state index in [-0.39, 0.29) is 41.9 Å². The first-order valence-corrected chi connectivity index (χ1v) is 15.0. The minimum absolute atomic E-state index is 0.000309. The number of halogens is 4. The normalized spacial score (nSPS) is 32.3. The highest BCUT2D eigenvalue weighted by Gasteiger charge is 2.68. The van der Waals surface area contributed by atoms with E-state index in [2.05, 4.69) is 0 Å². The summed E-state index contributed by atoms with van der Waals surface area (Å²) in [5.41, 5.74) is 0.714. The van der Waals surface area contributed by atoms with E-state index in [1.807, 2.05) is 0 Å². The van der Waals surface area contributed by atoms with Crippen LogP contribution in [0.15, 0.2) is 67.6 Å². The molecular formula is C26H24B2F2I2N2O8. The maximum absolute atomic E-state index is 14.7. The molecule has 0 radical (unpaired) electrons. The summed E-state index contributed by atoms with van der Waals surface area (Å²) >= 11 is 3.55. The molecule has 42 heavy (non-hydrogen) atoms. The second-order valence-electron chi connectivity index (χ2n) is 11.0. The van der Waals surface area contributed by atoms with Gasteiger partial charge >= 0.3 is 37.3 Å². The lowest BCUT2D eigenvalue weighted by Gasteiger charge is -2.39. The van der Waals surface area contributed by atoms with E-state index in [0.29, 0.717) is 11.1 Å². The van der Waals surface area contributed by atoms with E-state index in [0.717, 1.165) is 0 Å². The largest absolute Gasteiger partial charge is 0.623 e. The molecule has 0 amide bonds. The molecule has 0 unspecified atom stereocenters. The van der Waals surface area contributed by atoms with Crippen LogP contribution in [-0.2, 0) is 37.8 Å². The first kappa shape index (κ1) is 30.6. The number of hydrogen-bond acceptors (Lipinski definition) is 8. The van der Waals surface area contributed by atoms with Gasteiger partial charge in [-0.05, 0) is 0 Å². The summed E-state index contributed by atoms with van der Waals surface area (Å²) in [5, 5.41) is 0. The van der Waals surface area contributed by atoms with Gasteiger partial charge in [0.15, 0.2) is 0 Å². The van der Waals surface area contributed by atoms with Gasteiger partial charge < -0.3 is 27.4 Å². The lowest BCUT2D eigenvalue weighted by Crippen LogP contribution is -2.60. The van der Waals surface area contributed by atoms with E-state index in [4.69, 9.17) is 18.6 Å². The lowest BCUT2D eigenvalue weighted by atomic mass is 9.67. The van der Waals surface area contributed by atoms with Crippen molar-refractivity contribution in [3.8, 4) is 0 Å². The standard InChI is InChI=1S/2C13H12BFINO4/c2*1-17-7-10(18)20-14(17,21-11(19)8-17)13(16)12(15)9-5-3-2-4-6-9/h2*2-6H,7-8H2,1H3/b2*13-12+. The first-order valence-electron chi connectivity index (χ1n) is 12.8. The summed E-state index contributed by atoms with van der Waals surface area (Å²) < 4.78 is 50.8. The van der Waals surface area contributed by atoms with Gasteiger partial charge in [0.2, 0.25) is 0 Å². The number of rotatable bonds is 4. The summed E-state index contributed by atoms with van der Waals surface area (Å²) in [6, 6.07) is 16.8. The molecule has 6 rings (SSSR count). The van der Waals surface area contributed by atoms with Crippen LogP contribution in [0.5, 0.6) is 0 Å². The summed E-state index contributed by atoms with van der Waals surface area (Å²) in [4.78, 5) is 46.7. The summed E-state index contributed by atoms with van der Waals surface area (Å²) in [7, 11) is 3.35. The Kier molecular flexibility index (Phi) is 8.04. The van der Waals surface area contributed by atoms with Crippen LogP contribution in [0, 0.1) is 0 Å². The predicted molar refractivity (Wildman–Crippen MR) is 165 cm³/mol. The van der Waals surface area contributed by atoms with Crippen LogP contribution >= 0.6 is 45.2 Å². The molecule has 4 aliphatic heterocycles. The van der Waals surface area contributed by atoms with Gasteiger partial charge in [0, 0.05) is 32.2 Å². The van der Waals surface area contributed by atoms with E-state index in [1.165, 1.54) is 0 Å². The van der Waals surface area contributed by atoms with Crippen LogP contribution < -0.4 is 0 Å². The summed E-state index contributed by atoms with van der Waals surface area (Å²) in [6.07, 6.45) is 0. The molecule has 2 aromatic carbocycles. The molecule has 2 aromatic rings. The third kappa shape index (κ3) is 4.94. The van der Waals surface area contributed by atoms with Crippen molar-refractivity contribution in [3.05, 3.63) is 78.7 Å². The number of carbonyl (C=O) groups is 4. The molecule has 4 aliphatic rings. The van der Waals surface area contributed by atoms with Crippen molar-refractivity contribution in [1.82, 2.24) is 0 Å². The fourth-order valence-corrected chi connectivity index (χ4v) is 8.19. The van der Waals surface area contributed by atoms with Gasteiger partial charge in [-0.25, -0.2) is 8.78 Å². The van der Waals surface area contributed by atoms with E-state index < -0.39 is 48.9 Å². The molecule has 16 heteroatoms. The summed E-state index contributed by atoms with van der Waals surface area (Å²) in [5.74, 6) is -3.02. The SMILES string of the molecule is C[N+]12CC(=O)O[B-]1(/C(I)=C(\F)c1ccccc1)OC(=O)C2.C[N+]12CC(=O)O[B-]1(/C(I)=C(\F)c1ccccc1)OC(=O)C2. The van der Waals surface area contributed by atoms with Crippen LogP contribution in [0.4, 0.5) is 8.78 Å². The Bertz CT molecular complexity index is 1400. The second-order valence-corrected chi connectivity index (χ2v) is 13.3. The number of likely N-dealkylation sites (N-methyl/N-ethyl adjacent to an activating group) is 2. The molecule has 0 aromatic heterocycles. The predicted octanol–water partition coefficient (Wildman–Crippen LogP) is 3.60. The zero-order valence-electron chi connectivity index (χ0n) is 22.4. The van der Waals surface area contributed by atoms with Gasteiger partial charge in [0.1, 0.15) is 37.8 Å². The fraction of sp³-hybridized carbons (Fsp3) is 0.231. The van der Waals surface area contributed by atoms with Crippen molar-refractivity contribution in [3.63, 3.8) is 0 Å². The van der Waals surface area contributed by atoms with Crippen LogP contribution in [0.3, 0.4) is 0 Å². The smallest absolute Gasteiger partial charge is 0.596 e. The second kappa shape index (κ2) is 11.0. The molecule has 10 nitrogen and oxygen atoms in total. The van der Waals surface area contributed by atoms with Crippen molar-refractivity contribution in [2.75, 3.05) is 40.3 Å². The van der Waals surface area contributed by atoms with Gasteiger partial charge in [-0.1, -0.05) is 106 Å². The Hall–Kier alpha value is -2.83. The van der Waals surface area contributed by atoms with Crippen molar-refractivity contribution < 1.29 is 55.4 Å². The van der Waals surface area contributed by atoms with Crippen molar-refractivity contribution in [1.29, 1.82) is 0 Å². The zero-order valence-corrected chi connectivity index (χ0v) is 26.7. The number of fused-ring (bicyclic) bond motifs is 2. The van der Waals surface area contributed by atoms with E-state index in [9.17, 15) is 28.0 Å². The van der Waals surface area contributed by atoms with Gasteiger partial charge in [0.25, 0.3) is 0 Å². The Morgan fingerprint density at radius 2 is 0.857 bits per heavy atom. The van der Waals surface area contributed by atoms with Crippen molar-refractivity contribution in [2.45, 2.75) is 0 Å². The number of hydrogen-bond donors (Lipinski definition) is 0. The lowest BCUT2D eigenvalue weighted by molar-refractivity contribution is -0.791. The molecule has 0 bridgehead atoms. The molecule has 4 fully saturated rings.